The smallest absolute Gasteiger partial charge is 0.342 e. The van der Waals surface area contributed by atoms with Crippen LogP contribution in [-0.2, 0) is 9.53 Å². The number of esters is 1. The van der Waals surface area contributed by atoms with Gasteiger partial charge in [-0.3, -0.25) is 4.79 Å². The van der Waals surface area contributed by atoms with Crippen molar-refractivity contribution in [3.63, 3.8) is 0 Å². The molecule has 1 aromatic carbocycles. The van der Waals surface area contributed by atoms with Crippen molar-refractivity contribution in [2.45, 2.75) is 13.8 Å². The summed E-state index contributed by atoms with van der Waals surface area (Å²) in [5.74, 6) is -0.992. The Labute approximate surface area is 139 Å². The van der Waals surface area contributed by atoms with E-state index in [0.717, 1.165) is 5.69 Å². The number of amides is 1. The molecule has 0 aliphatic carbocycles. The van der Waals surface area contributed by atoms with Gasteiger partial charge in [-0.15, -0.1) is 0 Å². The number of pyridine rings is 1. The monoisotopic (exact) mass is 332 g/mol. The number of likely N-dealkylation sites (N-methyl/N-ethyl adjacent to an activating group) is 1. The van der Waals surface area contributed by atoms with Crippen LogP contribution in [0.15, 0.2) is 36.4 Å². The normalized spacial score (nSPS) is 10.3. The van der Waals surface area contributed by atoms with Gasteiger partial charge in [0.15, 0.2) is 6.61 Å². The summed E-state index contributed by atoms with van der Waals surface area (Å²) >= 11 is 6.00. The molecule has 1 heterocycles. The largest absolute Gasteiger partial charge is 0.452 e. The van der Waals surface area contributed by atoms with E-state index in [1.165, 1.54) is 4.90 Å². The Kier molecular flexibility index (Phi) is 5.34. The lowest BCUT2D eigenvalue weighted by atomic mass is 10.1. The zero-order valence-corrected chi connectivity index (χ0v) is 13.9. The predicted octanol–water partition coefficient (Wildman–Crippen LogP) is 3.17. The molecule has 0 aliphatic heterocycles. The molecule has 6 heteroatoms. The Hall–Kier alpha value is -2.40. The van der Waals surface area contributed by atoms with Gasteiger partial charge in [0.05, 0.1) is 5.56 Å². The molecule has 0 saturated carbocycles. The number of aryl methyl sites for hydroxylation is 2. The van der Waals surface area contributed by atoms with E-state index in [2.05, 4.69) is 4.98 Å². The molecule has 0 unspecified atom stereocenters. The minimum absolute atomic E-state index is 0.0800. The quantitative estimate of drug-likeness (QED) is 0.637. The molecule has 1 aromatic heterocycles. The summed E-state index contributed by atoms with van der Waals surface area (Å²) in [6.07, 6.45) is 0. The summed E-state index contributed by atoms with van der Waals surface area (Å²) in [6, 6.07) is 10.8. The Morgan fingerprint density at radius 1 is 1.22 bits per heavy atom. The molecule has 120 valence electrons. The highest BCUT2D eigenvalue weighted by molar-refractivity contribution is 6.32. The van der Waals surface area contributed by atoms with Crippen LogP contribution in [0.25, 0.3) is 0 Å². The van der Waals surface area contributed by atoms with Crippen LogP contribution in [0.5, 0.6) is 0 Å². The number of aromatic nitrogens is 1. The van der Waals surface area contributed by atoms with Crippen LogP contribution in [0.3, 0.4) is 0 Å². The van der Waals surface area contributed by atoms with Gasteiger partial charge in [0, 0.05) is 18.4 Å². The second-order valence-corrected chi connectivity index (χ2v) is 5.47. The fourth-order valence-corrected chi connectivity index (χ4v) is 2.49. The Balaban J connectivity index is 2.04. The van der Waals surface area contributed by atoms with Gasteiger partial charge in [0.25, 0.3) is 5.91 Å². The molecule has 23 heavy (non-hydrogen) atoms. The number of carbonyl (C=O) groups is 2. The summed E-state index contributed by atoms with van der Waals surface area (Å²) < 4.78 is 5.08. The van der Waals surface area contributed by atoms with E-state index in [9.17, 15) is 9.59 Å². The molecular formula is C17H17ClN2O3. The van der Waals surface area contributed by atoms with Crippen molar-refractivity contribution in [2.75, 3.05) is 18.6 Å². The Morgan fingerprint density at radius 2 is 1.87 bits per heavy atom. The number of hydrogen-bond donors (Lipinski definition) is 0. The van der Waals surface area contributed by atoms with Gasteiger partial charge in [-0.1, -0.05) is 29.8 Å². The first-order valence-corrected chi connectivity index (χ1v) is 7.40. The summed E-state index contributed by atoms with van der Waals surface area (Å²) in [5.41, 5.74) is 2.28. The van der Waals surface area contributed by atoms with Gasteiger partial charge >= 0.3 is 5.97 Å². The van der Waals surface area contributed by atoms with Gasteiger partial charge in [0.1, 0.15) is 5.15 Å². The summed E-state index contributed by atoms with van der Waals surface area (Å²) in [4.78, 5) is 29.7. The minimum Gasteiger partial charge on any atom is -0.452 e. The predicted molar refractivity (Wildman–Crippen MR) is 88.9 cm³/mol. The number of nitrogens with zero attached hydrogens (tertiary/aromatic N) is 2. The molecule has 0 bridgehead atoms. The fourth-order valence-electron chi connectivity index (χ4n) is 2.13. The van der Waals surface area contributed by atoms with Gasteiger partial charge in [-0.25, -0.2) is 9.78 Å². The molecule has 0 aliphatic rings. The maximum Gasteiger partial charge on any atom is 0.342 e. The first kappa shape index (κ1) is 17.0. The van der Waals surface area contributed by atoms with Crippen molar-refractivity contribution in [1.29, 1.82) is 0 Å². The third-order valence-electron chi connectivity index (χ3n) is 3.35. The van der Waals surface area contributed by atoms with E-state index in [0.29, 0.717) is 11.3 Å². The van der Waals surface area contributed by atoms with E-state index in [1.807, 2.05) is 18.2 Å². The van der Waals surface area contributed by atoms with E-state index < -0.39 is 5.97 Å². The Bertz CT molecular complexity index is 709. The molecule has 0 radical (unpaired) electrons. The molecule has 0 spiro atoms. The molecule has 0 saturated heterocycles. The third kappa shape index (κ3) is 4.07. The van der Waals surface area contributed by atoms with Crippen LogP contribution in [0.4, 0.5) is 5.69 Å². The van der Waals surface area contributed by atoms with Gasteiger partial charge in [0.2, 0.25) is 0 Å². The van der Waals surface area contributed by atoms with Crippen LogP contribution in [0, 0.1) is 13.8 Å². The third-order valence-corrected chi connectivity index (χ3v) is 3.62. The van der Waals surface area contributed by atoms with Crippen LogP contribution in [0.2, 0.25) is 5.15 Å². The van der Waals surface area contributed by atoms with Gasteiger partial charge in [-0.05, 0) is 37.6 Å². The second-order valence-electron chi connectivity index (χ2n) is 5.11. The van der Waals surface area contributed by atoms with Crippen LogP contribution in [0.1, 0.15) is 21.6 Å². The zero-order chi connectivity index (χ0) is 17.0. The Morgan fingerprint density at radius 3 is 2.48 bits per heavy atom. The number of para-hydroxylation sites is 1. The van der Waals surface area contributed by atoms with Crippen molar-refractivity contribution in [3.05, 3.63) is 58.4 Å². The molecular weight excluding hydrogens is 316 g/mol. The molecule has 0 N–H and O–H groups in total. The number of hydrogen-bond acceptors (Lipinski definition) is 4. The van der Waals surface area contributed by atoms with Crippen molar-refractivity contribution >= 4 is 29.2 Å². The number of ether oxygens (including phenoxy) is 1. The molecule has 0 atom stereocenters. The number of halogens is 1. The summed E-state index contributed by atoms with van der Waals surface area (Å²) in [6.45, 7) is 3.16. The topological polar surface area (TPSA) is 59.5 Å². The highest BCUT2D eigenvalue weighted by Crippen LogP contribution is 2.20. The van der Waals surface area contributed by atoms with Crippen LogP contribution in [-0.4, -0.2) is 30.5 Å². The average molecular weight is 333 g/mol. The average Bonchev–Trinajstić information content (AvgIpc) is 2.51. The lowest BCUT2D eigenvalue weighted by Gasteiger charge is -2.17. The highest BCUT2D eigenvalue weighted by Gasteiger charge is 2.19. The fraction of sp³-hybridized carbons (Fsp3) is 0.235. The summed E-state index contributed by atoms with van der Waals surface area (Å²) in [7, 11) is 1.62. The van der Waals surface area contributed by atoms with Gasteiger partial charge in [-0.2, -0.15) is 0 Å². The van der Waals surface area contributed by atoms with E-state index >= 15 is 0 Å². The van der Waals surface area contributed by atoms with Crippen LogP contribution >= 0.6 is 11.6 Å². The molecule has 2 rings (SSSR count). The number of benzene rings is 1. The van der Waals surface area contributed by atoms with Gasteiger partial charge < -0.3 is 9.64 Å². The van der Waals surface area contributed by atoms with Crippen LogP contribution < -0.4 is 4.90 Å². The standard InChI is InChI=1S/C17H17ClN2O3/c1-11-9-12(2)19-16(18)15(11)17(22)23-10-14(21)20(3)13-7-5-4-6-8-13/h4-9H,10H2,1-3H3. The number of rotatable bonds is 4. The van der Waals surface area contributed by atoms with E-state index in [-0.39, 0.29) is 23.2 Å². The maximum atomic E-state index is 12.1. The van der Waals surface area contributed by atoms with Crippen molar-refractivity contribution in [1.82, 2.24) is 4.98 Å². The minimum atomic E-state index is -0.658. The molecule has 2 aromatic rings. The maximum absolute atomic E-state index is 12.1. The molecule has 5 nitrogen and oxygen atoms in total. The number of carbonyl (C=O) groups excluding carboxylic acids is 2. The first-order valence-electron chi connectivity index (χ1n) is 7.02. The highest BCUT2D eigenvalue weighted by atomic mass is 35.5. The SMILES string of the molecule is Cc1cc(C)c(C(=O)OCC(=O)N(C)c2ccccc2)c(Cl)n1. The van der Waals surface area contributed by atoms with E-state index in [1.54, 1.807) is 39.1 Å². The molecule has 0 fully saturated rings. The zero-order valence-electron chi connectivity index (χ0n) is 13.2. The number of anilines is 1. The van der Waals surface area contributed by atoms with Crippen molar-refractivity contribution in [2.24, 2.45) is 0 Å². The lowest BCUT2D eigenvalue weighted by molar-refractivity contribution is -0.121. The molecule has 1 amide bonds. The lowest BCUT2D eigenvalue weighted by Crippen LogP contribution is -2.31. The first-order chi connectivity index (χ1) is 10.9. The van der Waals surface area contributed by atoms with E-state index in [4.69, 9.17) is 16.3 Å². The van der Waals surface area contributed by atoms with Crippen molar-refractivity contribution in [3.8, 4) is 0 Å². The van der Waals surface area contributed by atoms with Crippen molar-refractivity contribution < 1.29 is 14.3 Å². The second kappa shape index (κ2) is 7.24. The summed E-state index contributed by atoms with van der Waals surface area (Å²) in [5, 5.41) is 0.0800.